The van der Waals surface area contributed by atoms with Crippen molar-refractivity contribution in [1.29, 1.82) is 0 Å². The highest BCUT2D eigenvalue weighted by atomic mass is 32.1. The molecule has 3 aromatic rings. The minimum absolute atomic E-state index is 0.181. The number of hydrogen-bond acceptors (Lipinski definition) is 7. The molecule has 0 N–H and O–H groups in total. The fourth-order valence-electron chi connectivity index (χ4n) is 3.04. The summed E-state index contributed by atoms with van der Waals surface area (Å²) in [5.74, 6) is -0.268. The second-order valence-electron chi connectivity index (χ2n) is 6.30. The van der Waals surface area contributed by atoms with Crippen LogP contribution in [0.2, 0.25) is 0 Å². The zero-order valence-electron chi connectivity index (χ0n) is 15.6. The zero-order chi connectivity index (χ0) is 20.2. The average Bonchev–Trinajstić information content (AvgIpc) is 3.51. The molecule has 0 spiro atoms. The summed E-state index contributed by atoms with van der Waals surface area (Å²) in [7, 11) is 1.55. The van der Waals surface area contributed by atoms with Gasteiger partial charge in [-0.2, -0.15) is 5.10 Å². The van der Waals surface area contributed by atoms with Crippen molar-refractivity contribution in [3.63, 3.8) is 0 Å². The smallest absolute Gasteiger partial charge is 0.338 e. The first-order valence-electron chi connectivity index (χ1n) is 8.93. The summed E-state index contributed by atoms with van der Waals surface area (Å²) in [6.45, 7) is -0.367. The second-order valence-corrected chi connectivity index (χ2v) is 8.23. The molecular formula is C21H18N2O4S2. The number of amides is 1. The van der Waals surface area contributed by atoms with Gasteiger partial charge < -0.3 is 9.47 Å². The quantitative estimate of drug-likeness (QED) is 0.550. The number of carbonyl (C=O) groups is 2. The number of hydrazone groups is 1. The highest BCUT2D eigenvalue weighted by Gasteiger charge is 2.34. The first-order chi connectivity index (χ1) is 14.2. The monoisotopic (exact) mass is 426 g/mol. The van der Waals surface area contributed by atoms with E-state index in [4.69, 9.17) is 9.47 Å². The highest BCUT2D eigenvalue weighted by Crippen LogP contribution is 2.35. The summed E-state index contributed by atoms with van der Waals surface area (Å²) in [4.78, 5) is 27.2. The maximum Gasteiger partial charge on any atom is 0.338 e. The number of nitrogens with zero attached hydrogens (tertiary/aromatic N) is 2. The molecule has 0 saturated carbocycles. The first kappa shape index (κ1) is 19.4. The van der Waals surface area contributed by atoms with E-state index in [9.17, 15) is 9.59 Å². The topological polar surface area (TPSA) is 68.2 Å². The molecule has 1 atom stereocenters. The van der Waals surface area contributed by atoms with Crippen molar-refractivity contribution in [3.8, 4) is 5.75 Å². The molecule has 1 amide bonds. The number of ether oxygens (including phenoxy) is 2. The minimum atomic E-state index is -0.560. The van der Waals surface area contributed by atoms with Crippen molar-refractivity contribution in [1.82, 2.24) is 5.01 Å². The number of methoxy groups -OCH3 is 1. The van der Waals surface area contributed by atoms with E-state index in [1.165, 1.54) is 5.01 Å². The lowest BCUT2D eigenvalue weighted by atomic mass is 10.1. The number of benzene rings is 1. The number of carbonyl (C=O) groups excluding carboxylic acids is 2. The molecule has 29 heavy (non-hydrogen) atoms. The lowest BCUT2D eigenvalue weighted by Crippen LogP contribution is -2.31. The third-order valence-corrected chi connectivity index (χ3v) is 6.39. The lowest BCUT2D eigenvalue weighted by molar-refractivity contribution is -0.136. The lowest BCUT2D eigenvalue weighted by Gasteiger charge is -2.20. The summed E-state index contributed by atoms with van der Waals surface area (Å²) in [6.07, 6.45) is 0.638. The van der Waals surface area contributed by atoms with E-state index in [1.54, 1.807) is 54.0 Å². The molecule has 0 radical (unpaired) electrons. The first-order valence-corrected chi connectivity index (χ1v) is 10.7. The molecule has 3 heterocycles. The van der Waals surface area contributed by atoms with Gasteiger partial charge in [-0.25, -0.2) is 9.80 Å². The predicted octanol–water partition coefficient (Wildman–Crippen LogP) is 4.35. The Morgan fingerprint density at radius 2 is 1.86 bits per heavy atom. The largest absolute Gasteiger partial charge is 0.497 e. The summed E-state index contributed by atoms with van der Waals surface area (Å²) in [6, 6.07) is 14.3. The summed E-state index contributed by atoms with van der Waals surface area (Å²) < 4.78 is 10.3. The molecule has 2 aromatic heterocycles. The highest BCUT2D eigenvalue weighted by molar-refractivity contribution is 7.12. The molecule has 148 valence electrons. The predicted molar refractivity (Wildman–Crippen MR) is 113 cm³/mol. The maximum absolute atomic E-state index is 12.8. The van der Waals surface area contributed by atoms with Crippen molar-refractivity contribution >= 4 is 40.3 Å². The molecule has 1 unspecified atom stereocenters. The Morgan fingerprint density at radius 1 is 1.10 bits per heavy atom. The standard InChI is InChI=1S/C21H18N2O4S2/c1-26-15-8-6-14(7-9-15)21(25)27-13-20(24)23-17(19-5-3-11-29-19)12-16(22-23)18-4-2-10-28-18/h2-11,17H,12-13H2,1H3. The van der Waals surface area contributed by atoms with E-state index in [-0.39, 0.29) is 18.6 Å². The van der Waals surface area contributed by atoms with E-state index >= 15 is 0 Å². The van der Waals surface area contributed by atoms with Crippen molar-refractivity contribution in [3.05, 3.63) is 74.6 Å². The van der Waals surface area contributed by atoms with E-state index in [0.29, 0.717) is 17.7 Å². The Hall–Kier alpha value is -2.97. The van der Waals surface area contributed by atoms with Crippen molar-refractivity contribution in [2.75, 3.05) is 13.7 Å². The van der Waals surface area contributed by atoms with Gasteiger partial charge >= 0.3 is 5.97 Å². The molecule has 1 aliphatic heterocycles. The van der Waals surface area contributed by atoms with Crippen molar-refractivity contribution in [2.45, 2.75) is 12.5 Å². The second kappa shape index (κ2) is 8.59. The molecule has 6 nitrogen and oxygen atoms in total. The van der Waals surface area contributed by atoms with Crippen LogP contribution in [0, 0.1) is 0 Å². The fraction of sp³-hybridized carbons (Fsp3) is 0.190. The molecule has 4 rings (SSSR count). The maximum atomic E-state index is 12.8. The number of thiophene rings is 2. The summed E-state index contributed by atoms with van der Waals surface area (Å²) in [5.41, 5.74) is 1.23. The molecule has 0 saturated heterocycles. The minimum Gasteiger partial charge on any atom is -0.497 e. The van der Waals surface area contributed by atoms with Crippen LogP contribution < -0.4 is 4.74 Å². The SMILES string of the molecule is COc1ccc(C(=O)OCC(=O)N2N=C(c3cccs3)CC2c2cccs2)cc1. The summed E-state index contributed by atoms with van der Waals surface area (Å²) >= 11 is 3.17. The van der Waals surface area contributed by atoms with Gasteiger partial charge in [-0.1, -0.05) is 12.1 Å². The van der Waals surface area contributed by atoms with E-state index < -0.39 is 5.97 Å². The van der Waals surface area contributed by atoms with Gasteiger partial charge in [0.1, 0.15) is 5.75 Å². The fourth-order valence-corrected chi connectivity index (χ4v) is 4.57. The molecule has 1 aliphatic rings. The van der Waals surface area contributed by atoms with Gasteiger partial charge in [0.15, 0.2) is 6.61 Å². The van der Waals surface area contributed by atoms with Crippen LogP contribution in [0.4, 0.5) is 0 Å². The number of hydrogen-bond donors (Lipinski definition) is 0. The van der Waals surface area contributed by atoms with Gasteiger partial charge in [0.05, 0.1) is 29.3 Å². The van der Waals surface area contributed by atoms with Crippen molar-refractivity contribution in [2.24, 2.45) is 5.10 Å². The van der Waals surface area contributed by atoms with Gasteiger partial charge in [-0.3, -0.25) is 4.79 Å². The third-order valence-electron chi connectivity index (χ3n) is 4.50. The summed E-state index contributed by atoms with van der Waals surface area (Å²) in [5, 5.41) is 9.96. The van der Waals surface area contributed by atoms with E-state index in [0.717, 1.165) is 15.5 Å². The van der Waals surface area contributed by atoms with Crippen LogP contribution in [-0.2, 0) is 9.53 Å². The third kappa shape index (κ3) is 4.23. The molecule has 0 bridgehead atoms. The van der Waals surface area contributed by atoms with Gasteiger partial charge in [0, 0.05) is 11.3 Å². The molecular weight excluding hydrogens is 408 g/mol. The van der Waals surface area contributed by atoms with Gasteiger partial charge in [0.25, 0.3) is 5.91 Å². The average molecular weight is 427 g/mol. The van der Waals surface area contributed by atoms with Crippen molar-refractivity contribution < 1.29 is 19.1 Å². The number of rotatable bonds is 6. The Kier molecular flexibility index (Phi) is 5.73. The molecule has 1 aromatic carbocycles. The molecule has 0 fully saturated rings. The van der Waals surface area contributed by atoms with Crippen LogP contribution in [0.1, 0.15) is 32.6 Å². The van der Waals surface area contributed by atoms with Crippen LogP contribution >= 0.6 is 22.7 Å². The van der Waals surface area contributed by atoms with Crippen LogP contribution in [0.5, 0.6) is 5.75 Å². The normalized spacial score (nSPS) is 15.8. The van der Waals surface area contributed by atoms with Gasteiger partial charge in [-0.15, -0.1) is 22.7 Å². The Morgan fingerprint density at radius 3 is 2.52 bits per heavy atom. The molecule has 0 aliphatic carbocycles. The van der Waals surface area contributed by atoms with Gasteiger partial charge in [-0.05, 0) is 47.2 Å². The Labute approximate surface area is 176 Å². The van der Waals surface area contributed by atoms with Crippen LogP contribution in [-0.4, -0.2) is 36.3 Å². The Bertz CT molecular complexity index is 1010. The zero-order valence-corrected chi connectivity index (χ0v) is 17.2. The van der Waals surface area contributed by atoms with Crippen LogP contribution in [0.3, 0.4) is 0 Å². The Balaban J connectivity index is 1.46. The molecule has 8 heteroatoms. The van der Waals surface area contributed by atoms with Gasteiger partial charge in [0.2, 0.25) is 0 Å². The van der Waals surface area contributed by atoms with Crippen LogP contribution in [0.25, 0.3) is 0 Å². The number of esters is 1. The van der Waals surface area contributed by atoms with E-state index in [1.807, 2.05) is 35.0 Å². The van der Waals surface area contributed by atoms with E-state index in [2.05, 4.69) is 5.10 Å². The van der Waals surface area contributed by atoms with Crippen LogP contribution in [0.15, 0.2) is 64.4 Å².